The normalized spacial score (nSPS) is 27.6. The van der Waals surface area contributed by atoms with Crippen LogP contribution < -0.4 is 4.74 Å². The van der Waals surface area contributed by atoms with E-state index in [2.05, 4.69) is 30.2 Å². The predicted octanol–water partition coefficient (Wildman–Crippen LogP) is 6.61. The second-order valence-corrected chi connectivity index (χ2v) is 10.9. The number of rotatable bonds is 4. The Hall–Kier alpha value is -2.59. The molecule has 0 bridgehead atoms. The molecule has 0 N–H and O–H groups in total. The molecule has 3 aliphatic heterocycles. The van der Waals surface area contributed by atoms with Crippen LogP contribution in [0.2, 0.25) is 0 Å². The summed E-state index contributed by atoms with van der Waals surface area (Å²) in [5.74, 6) is 1.02. The van der Waals surface area contributed by atoms with Gasteiger partial charge in [0.25, 0.3) is 0 Å². The minimum atomic E-state index is -0.811. The number of likely N-dealkylation sites (tertiary alicyclic amines) is 2. The van der Waals surface area contributed by atoms with Crippen LogP contribution in [0.1, 0.15) is 80.9 Å². The maximum Gasteiger partial charge on any atom is 0.246 e. The van der Waals surface area contributed by atoms with Crippen molar-refractivity contribution in [1.82, 2.24) is 9.80 Å². The van der Waals surface area contributed by atoms with E-state index in [9.17, 15) is 4.79 Å². The molecule has 0 radical (unpaired) electrons. The van der Waals surface area contributed by atoms with Crippen molar-refractivity contribution < 1.29 is 9.53 Å². The van der Waals surface area contributed by atoms with Crippen LogP contribution in [0.3, 0.4) is 0 Å². The van der Waals surface area contributed by atoms with Gasteiger partial charge in [-0.15, -0.1) is 0 Å². The van der Waals surface area contributed by atoms with Crippen LogP contribution in [0.25, 0.3) is 0 Å². The van der Waals surface area contributed by atoms with Gasteiger partial charge in [-0.3, -0.25) is 14.6 Å². The summed E-state index contributed by atoms with van der Waals surface area (Å²) in [5.41, 5.74) is 4.99. The van der Waals surface area contributed by atoms with Crippen molar-refractivity contribution in [3.05, 3.63) is 77.6 Å². The zero-order chi connectivity index (χ0) is 25.0. The highest BCUT2D eigenvalue weighted by Gasteiger charge is 2.59. The fourth-order valence-electron chi connectivity index (χ4n) is 6.66. The lowest BCUT2D eigenvalue weighted by Crippen LogP contribution is -2.44. The second kappa shape index (κ2) is 11.2. The summed E-state index contributed by atoms with van der Waals surface area (Å²) in [6, 6.07) is 4.57. The summed E-state index contributed by atoms with van der Waals surface area (Å²) in [6.07, 6.45) is 22.5. The van der Waals surface area contributed by atoms with E-state index in [-0.39, 0.29) is 5.91 Å². The van der Waals surface area contributed by atoms with Gasteiger partial charge >= 0.3 is 0 Å². The Kier molecular flexibility index (Phi) is 7.81. The van der Waals surface area contributed by atoms with Crippen molar-refractivity contribution in [2.24, 2.45) is 0 Å². The molecule has 0 saturated carbocycles. The van der Waals surface area contributed by atoms with Crippen molar-refractivity contribution >= 4 is 5.91 Å². The van der Waals surface area contributed by atoms with Crippen molar-refractivity contribution in [2.75, 3.05) is 26.4 Å². The molecular formula is C32H42N2O2. The fourth-order valence-corrected chi connectivity index (χ4v) is 6.66. The molecule has 1 aliphatic carbocycles. The third-order valence-corrected chi connectivity index (χ3v) is 8.59. The number of ether oxygens (including phenoxy) is 1. The first-order chi connectivity index (χ1) is 17.7. The van der Waals surface area contributed by atoms with Crippen LogP contribution in [-0.4, -0.2) is 42.1 Å². The molecule has 2 saturated heterocycles. The first kappa shape index (κ1) is 25.1. The quantitative estimate of drug-likeness (QED) is 0.480. The monoisotopic (exact) mass is 486 g/mol. The molecule has 2 fully saturated rings. The van der Waals surface area contributed by atoms with E-state index in [4.69, 9.17) is 4.74 Å². The van der Waals surface area contributed by atoms with Gasteiger partial charge in [0.1, 0.15) is 17.8 Å². The van der Waals surface area contributed by atoms with E-state index >= 15 is 0 Å². The molecule has 1 amide bonds. The summed E-state index contributed by atoms with van der Waals surface area (Å²) in [5, 5.41) is 0. The molecule has 4 aliphatic rings. The first-order valence-electron chi connectivity index (χ1n) is 14.2. The maximum atomic E-state index is 14.5. The molecule has 3 heterocycles. The van der Waals surface area contributed by atoms with E-state index in [1.54, 1.807) is 6.08 Å². The number of hydrogen-bond donors (Lipinski definition) is 0. The van der Waals surface area contributed by atoms with Gasteiger partial charge in [-0.05, 0) is 80.5 Å². The molecule has 1 aromatic carbocycles. The summed E-state index contributed by atoms with van der Waals surface area (Å²) in [7, 11) is 0. The molecule has 1 atom stereocenters. The number of aryl methyl sites for hydroxylation is 2. The SMILES string of the molecule is C=C/C=C1\C(=C/C=C)N(CN2CCCCCCC2)C(=O)C12COc1cc3c(cc12)CCCCCCC3. The average Bonchev–Trinajstić information content (AvgIpc) is 3.36. The van der Waals surface area contributed by atoms with Gasteiger partial charge in [0, 0.05) is 11.3 Å². The van der Waals surface area contributed by atoms with Crippen LogP contribution in [-0.2, 0) is 23.1 Å². The van der Waals surface area contributed by atoms with Gasteiger partial charge in [-0.25, -0.2) is 0 Å². The summed E-state index contributed by atoms with van der Waals surface area (Å²) in [6.45, 7) is 11.1. The predicted molar refractivity (Wildman–Crippen MR) is 147 cm³/mol. The van der Waals surface area contributed by atoms with Crippen LogP contribution in [0.5, 0.6) is 5.75 Å². The maximum absolute atomic E-state index is 14.5. The van der Waals surface area contributed by atoms with Gasteiger partial charge < -0.3 is 4.74 Å². The number of allylic oxidation sites excluding steroid dienone is 5. The Morgan fingerprint density at radius 3 is 2.11 bits per heavy atom. The van der Waals surface area contributed by atoms with E-state index in [0.29, 0.717) is 13.3 Å². The number of carbonyl (C=O) groups is 1. The lowest BCUT2D eigenvalue weighted by Gasteiger charge is -2.30. The molecule has 36 heavy (non-hydrogen) atoms. The Bertz CT molecular complexity index is 1060. The molecule has 0 aromatic heterocycles. The highest BCUT2D eigenvalue weighted by atomic mass is 16.5. The first-order valence-corrected chi connectivity index (χ1v) is 14.2. The van der Waals surface area contributed by atoms with Crippen molar-refractivity contribution in [2.45, 2.75) is 82.5 Å². The summed E-state index contributed by atoms with van der Waals surface area (Å²) >= 11 is 0. The van der Waals surface area contributed by atoms with Gasteiger partial charge in [-0.1, -0.05) is 76.0 Å². The summed E-state index contributed by atoms with van der Waals surface area (Å²) < 4.78 is 6.36. The van der Waals surface area contributed by atoms with Crippen molar-refractivity contribution in [3.63, 3.8) is 0 Å². The van der Waals surface area contributed by atoms with Crippen LogP contribution in [0.15, 0.2) is 60.9 Å². The standard InChI is InChI=1S/C32H42N2O2/c1-3-15-27-29(16-4-2)34(24-33-19-13-9-6-10-14-20-33)31(35)32(27)23-36-30-22-26-18-12-8-5-7-11-17-25(26)21-28(30)32/h3-4,15-16,21-22H,1-2,5-14,17-20,23-24H2/b27-15+,29-16+. The van der Waals surface area contributed by atoms with Crippen LogP contribution >= 0.6 is 0 Å². The second-order valence-electron chi connectivity index (χ2n) is 10.9. The molecule has 5 rings (SSSR count). The Balaban J connectivity index is 1.56. The Morgan fingerprint density at radius 2 is 1.44 bits per heavy atom. The molecule has 1 spiro atoms. The van der Waals surface area contributed by atoms with E-state index in [1.165, 1.54) is 75.3 Å². The van der Waals surface area contributed by atoms with E-state index in [0.717, 1.165) is 48.5 Å². The molecular weight excluding hydrogens is 444 g/mol. The van der Waals surface area contributed by atoms with Crippen LogP contribution in [0.4, 0.5) is 0 Å². The van der Waals surface area contributed by atoms with Gasteiger partial charge in [0.15, 0.2) is 0 Å². The van der Waals surface area contributed by atoms with Gasteiger partial charge in [0.05, 0.1) is 6.67 Å². The Labute approximate surface area is 217 Å². The number of fused-ring (bicyclic) bond motifs is 3. The number of carbonyl (C=O) groups excluding carboxylic acids is 1. The fraction of sp³-hybridized carbons (Fsp3) is 0.531. The van der Waals surface area contributed by atoms with Gasteiger partial charge in [-0.2, -0.15) is 0 Å². The molecule has 4 nitrogen and oxygen atoms in total. The molecule has 4 heteroatoms. The van der Waals surface area contributed by atoms with E-state index < -0.39 is 5.41 Å². The lowest BCUT2D eigenvalue weighted by molar-refractivity contribution is -0.133. The molecule has 1 aromatic rings. The van der Waals surface area contributed by atoms with Crippen LogP contribution in [0, 0.1) is 0 Å². The molecule has 192 valence electrons. The van der Waals surface area contributed by atoms with Crippen molar-refractivity contribution in [3.8, 4) is 5.75 Å². The van der Waals surface area contributed by atoms with E-state index in [1.807, 2.05) is 23.1 Å². The smallest absolute Gasteiger partial charge is 0.246 e. The topological polar surface area (TPSA) is 32.8 Å². The highest BCUT2D eigenvalue weighted by molar-refractivity contribution is 6.01. The Morgan fingerprint density at radius 1 is 0.833 bits per heavy atom. The van der Waals surface area contributed by atoms with Gasteiger partial charge in [0.2, 0.25) is 5.91 Å². The number of hydrogen-bond acceptors (Lipinski definition) is 3. The van der Waals surface area contributed by atoms with Crippen molar-refractivity contribution in [1.29, 1.82) is 0 Å². The zero-order valence-electron chi connectivity index (χ0n) is 21.9. The third-order valence-electron chi connectivity index (χ3n) is 8.59. The number of nitrogens with zero attached hydrogens (tertiary/aromatic N) is 2. The summed E-state index contributed by atoms with van der Waals surface area (Å²) in [4.78, 5) is 19.0. The minimum Gasteiger partial charge on any atom is -0.491 e. The minimum absolute atomic E-state index is 0.132. The number of amides is 1. The third kappa shape index (κ3) is 4.61. The highest BCUT2D eigenvalue weighted by Crippen LogP contribution is 2.53. The zero-order valence-corrected chi connectivity index (χ0v) is 21.9. The average molecular weight is 487 g/mol. The lowest BCUT2D eigenvalue weighted by atomic mass is 9.75. The molecule has 1 unspecified atom stereocenters. The number of benzene rings is 1. The largest absolute Gasteiger partial charge is 0.491 e.